The van der Waals surface area contributed by atoms with E-state index in [1.54, 1.807) is 15.3 Å². The van der Waals surface area contributed by atoms with Crippen molar-refractivity contribution in [3.8, 4) is 5.88 Å². The summed E-state index contributed by atoms with van der Waals surface area (Å²) in [5.41, 5.74) is 2.44. The van der Waals surface area contributed by atoms with Gasteiger partial charge >= 0.3 is 11.7 Å². The molecule has 4 aliphatic rings. The van der Waals surface area contributed by atoms with Crippen LogP contribution in [0, 0.1) is 17.8 Å². The first-order valence-electron chi connectivity index (χ1n) is 11.6. The van der Waals surface area contributed by atoms with Gasteiger partial charge in [0, 0.05) is 12.7 Å². The fourth-order valence-electron chi connectivity index (χ4n) is 6.90. The molecule has 4 fully saturated rings. The van der Waals surface area contributed by atoms with Crippen LogP contribution in [0.15, 0.2) is 29.2 Å². The number of hydrogen-bond acceptors (Lipinski definition) is 5. The van der Waals surface area contributed by atoms with E-state index in [4.69, 9.17) is 5.21 Å². The molecular weight excluding hydrogens is 410 g/mol. The van der Waals surface area contributed by atoms with E-state index in [2.05, 4.69) is 10.3 Å². The van der Waals surface area contributed by atoms with E-state index in [9.17, 15) is 14.7 Å². The summed E-state index contributed by atoms with van der Waals surface area (Å²) in [7, 11) is 0. The Balaban J connectivity index is 1.49. The maximum Gasteiger partial charge on any atom is 0.338 e. The van der Waals surface area contributed by atoms with E-state index in [0.29, 0.717) is 49.4 Å². The molecule has 2 aromatic rings. The number of carbonyl (C=O) groups is 1. The Hall–Kier alpha value is -2.81. The Morgan fingerprint density at radius 3 is 2.44 bits per heavy atom. The highest BCUT2D eigenvalue weighted by atomic mass is 16.5. The predicted octanol–water partition coefficient (Wildman–Crippen LogP) is 2.34. The molecule has 0 atom stereocenters. The first-order valence-corrected chi connectivity index (χ1v) is 11.6. The van der Waals surface area contributed by atoms with Crippen molar-refractivity contribution in [3.05, 3.63) is 46.3 Å². The number of nitrogens with one attached hydrogen (secondary N) is 2. The minimum atomic E-state index is -0.675. The molecule has 2 heterocycles. The average molecular weight is 442 g/mol. The smallest absolute Gasteiger partial charge is 0.338 e. The Morgan fingerprint density at radius 2 is 1.84 bits per heavy atom. The van der Waals surface area contributed by atoms with Crippen molar-refractivity contribution < 1.29 is 15.1 Å². The normalized spacial score (nSPS) is 28.1. The van der Waals surface area contributed by atoms with Crippen LogP contribution < -0.4 is 16.5 Å². The van der Waals surface area contributed by atoms with Gasteiger partial charge in [0.1, 0.15) is 0 Å². The maximum atomic E-state index is 13.7. The number of aromatic nitrogens is 3. The van der Waals surface area contributed by atoms with Gasteiger partial charge in [-0.25, -0.2) is 15.1 Å². The van der Waals surface area contributed by atoms with E-state index in [1.807, 2.05) is 18.2 Å². The molecular formula is C23H31N5O4. The summed E-state index contributed by atoms with van der Waals surface area (Å²) in [5, 5.41) is 22.5. The second kappa shape index (κ2) is 8.27. The lowest BCUT2D eigenvalue weighted by molar-refractivity contribution is -0.0477. The third kappa shape index (κ3) is 3.68. The van der Waals surface area contributed by atoms with Gasteiger partial charge in [-0.1, -0.05) is 6.07 Å². The summed E-state index contributed by atoms with van der Waals surface area (Å²) < 4.78 is 3.37. The molecule has 9 heteroatoms. The number of imidazole rings is 1. The van der Waals surface area contributed by atoms with Gasteiger partial charge < -0.3 is 10.4 Å². The van der Waals surface area contributed by atoms with Crippen molar-refractivity contribution in [1.29, 1.82) is 0 Å². The Bertz CT molecular complexity index is 1010. The van der Waals surface area contributed by atoms with Crippen LogP contribution in [0.25, 0.3) is 0 Å². The predicted molar refractivity (Wildman–Crippen MR) is 116 cm³/mol. The number of aromatic hydroxyl groups is 1. The van der Waals surface area contributed by atoms with Gasteiger partial charge in [0.15, 0.2) is 0 Å². The number of carbonyl (C=O) groups excluding carboxylic acids is 1. The SMILES string of the molecule is O=C(NO)NCCCc1c(O)n(C23CC4CC(CC(C4)C2)C3)c(=O)n1Cc1ccccn1. The monoisotopic (exact) mass is 441 g/mol. The lowest BCUT2D eigenvalue weighted by Crippen LogP contribution is -2.54. The molecule has 32 heavy (non-hydrogen) atoms. The fourth-order valence-corrected chi connectivity index (χ4v) is 6.90. The molecule has 4 saturated carbocycles. The van der Waals surface area contributed by atoms with Crippen LogP contribution in [-0.4, -0.2) is 37.0 Å². The number of rotatable bonds is 7. The summed E-state index contributed by atoms with van der Waals surface area (Å²) in [6.07, 6.45) is 9.34. The number of hydroxylamine groups is 1. The molecule has 0 radical (unpaired) electrons. The second-order valence-electron chi connectivity index (χ2n) is 9.91. The summed E-state index contributed by atoms with van der Waals surface area (Å²) in [6, 6.07) is 4.93. The molecule has 4 aliphatic carbocycles. The van der Waals surface area contributed by atoms with Crippen LogP contribution in [0.5, 0.6) is 5.88 Å². The summed E-state index contributed by atoms with van der Waals surface area (Å²) in [4.78, 5) is 29.3. The van der Waals surface area contributed by atoms with Gasteiger partial charge in [0.25, 0.3) is 0 Å². The second-order valence-corrected chi connectivity index (χ2v) is 9.91. The number of nitrogens with zero attached hydrogens (tertiary/aromatic N) is 3. The van der Waals surface area contributed by atoms with Gasteiger partial charge in [-0.3, -0.25) is 19.3 Å². The van der Waals surface area contributed by atoms with E-state index in [1.165, 1.54) is 24.7 Å². The van der Waals surface area contributed by atoms with Crippen molar-refractivity contribution in [1.82, 2.24) is 24.9 Å². The van der Waals surface area contributed by atoms with Crippen molar-refractivity contribution in [2.75, 3.05) is 6.54 Å². The Morgan fingerprint density at radius 1 is 1.16 bits per heavy atom. The number of amides is 2. The molecule has 4 N–H and O–H groups in total. The van der Waals surface area contributed by atoms with Crippen molar-refractivity contribution in [3.63, 3.8) is 0 Å². The summed E-state index contributed by atoms with van der Waals surface area (Å²) in [5.74, 6) is 2.02. The minimum absolute atomic E-state index is 0.0690. The summed E-state index contributed by atoms with van der Waals surface area (Å²) in [6.45, 7) is 0.610. The number of hydrogen-bond donors (Lipinski definition) is 4. The van der Waals surface area contributed by atoms with Crippen molar-refractivity contribution >= 4 is 6.03 Å². The molecule has 9 nitrogen and oxygen atoms in total. The molecule has 0 spiro atoms. The van der Waals surface area contributed by atoms with E-state index in [0.717, 1.165) is 25.0 Å². The zero-order valence-corrected chi connectivity index (χ0v) is 18.2. The maximum absolute atomic E-state index is 13.7. The first-order chi connectivity index (χ1) is 15.5. The van der Waals surface area contributed by atoms with Crippen LogP contribution in [0.3, 0.4) is 0 Å². The standard InChI is InChI=1S/C23H31N5O4/c29-20-19(5-3-7-25-21(30)26-32)27(14-18-4-1-2-6-24-18)22(31)28(20)23-11-15-8-16(12-23)10-17(9-15)13-23/h1-2,4,6,15-17,29,32H,3,5,7-14H2,(H2,25,26,30). The molecule has 4 bridgehead atoms. The zero-order chi connectivity index (χ0) is 22.3. The minimum Gasteiger partial charge on any atom is -0.493 e. The van der Waals surface area contributed by atoms with Crippen molar-refractivity contribution in [2.24, 2.45) is 17.8 Å². The van der Waals surface area contributed by atoms with Crippen LogP contribution in [0.2, 0.25) is 0 Å². The highest BCUT2D eigenvalue weighted by Crippen LogP contribution is 2.59. The first kappa shape index (κ1) is 21.1. The molecule has 172 valence electrons. The van der Waals surface area contributed by atoms with Gasteiger partial charge in [-0.05, 0) is 81.3 Å². The Labute approximate surface area is 186 Å². The molecule has 2 aromatic heterocycles. The summed E-state index contributed by atoms with van der Waals surface area (Å²) >= 11 is 0. The molecule has 0 aromatic carbocycles. The highest BCUT2D eigenvalue weighted by molar-refractivity contribution is 5.72. The lowest BCUT2D eigenvalue weighted by atomic mass is 9.53. The third-order valence-corrected chi connectivity index (χ3v) is 7.72. The lowest BCUT2D eigenvalue weighted by Gasteiger charge is -2.56. The van der Waals surface area contributed by atoms with Crippen LogP contribution in [0.1, 0.15) is 56.3 Å². The van der Waals surface area contributed by atoms with Gasteiger partial charge in [0.2, 0.25) is 5.88 Å². The van der Waals surface area contributed by atoms with Crippen LogP contribution in [0.4, 0.5) is 4.79 Å². The number of pyridine rings is 1. The van der Waals surface area contributed by atoms with Crippen LogP contribution >= 0.6 is 0 Å². The topological polar surface area (TPSA) is 121 Å². The Kier molecular flexibility index (Phi) is 5.44. The van der Waals surface area contributed by atoms with Gasteiger partial charge in [0.05, 0.1) is 23.5 Å². The van der Waals surface area contributed by atoms with Gasteiger partial charge in [-0.15, -0.1) is 0 Å². The van der Waals surface area contributed by atoms with E-state index in [-0.39, 0.29) is 17.1 Å². The quantitative estimate of drug-likeness (QED) is 0.299. The molecule has 0 aliphatic heterocycles. The van der Waals surface area contributed by atoms with Gasteiger partial charge in [-0.2, -0.15) is 0 Å². The third-order valence-electron chi connectivity index (χ3n) is 7.72. The van der Waals surface area contributed by atoms with E-state index < -0.39 is 6.03 Å². The number of urea groups is 1. The zero-order valence-electron chi connectivity index (χ0n) is 18.2. The van der Waals surface area contributed by atoms with Crippen molar-refractivity contribution in [2.45, 2.75) is 63.5 Å². The average Bonchev–Trinajstić information content (AvgIpc) is 3.00. The largest absolute Gasteiger partial charge is 0.493 e. The molecule has 0 unspecified atom stereocenters. The van der Waals surface area contributed by atoms with Crippen LogP contribution in [-0.2, 0) is 18.5 Å². The molecule has 0 saturated heterocycles. The molecule has 2 amide bonds. The fraction of sp³-hybridized carbons (Fsp3) is 0.609. The molecule has 6 rings (SSSR count). The highest BCUT2D eigenvalue weighted by Gasteiger charge is 2.53. The van der Waals surface area contributed by atoms with E-state index >= 15 is 0 Å².